The molecule has 1 atom stereocenters. The first-order valence-corrected chi connectivity index (χ1v) is 8.40. The number of nitrogens with zero attached hydrogens (tertiary/aromatic N) is 1. The van der Waals surface area contributed by atoms with E-state index in [-0.39, 0.29) is 5.56 Å². The molecule has 8 nitrogen and oxygen atoms in total. The number of β-amino-alcohol motifs (C(OH)–C–C–N with tert-alkyl or cyclic N) is 1. The predicted molar refractivity (Wildman–Crippen MR) is 96.3 cm³/mol. The molecule has 1 aromatic carbocycles. The van der Waals surface area contributed by atoms with E-state index in [0.29, 0.717) is 61.2 Å². The van der Waals surface area contributed by atoms with Crippen molar-refractivity contribution in [1.82, 2.24) is 9.88 Å². The van der Waals surface area contributed by atoms with Gasteiger partial charge in [0.1, 0.15) is 0 Å². The molecular formula is C18H24N2O6. The van der Waals surface area contributed by atoms with Crippen molar-refractivity contribution in [2.45, 2.75) is 12.6 Å². The van der Waals surface area contributed by atoms with Crippen LogP contribution >= 0.6 is 0 Å². The molecule has 1 aliphatic rings. The van der Waals surface area contributed by atoms with Crippen LogP contribution in [0.15, 0.2) is 16.9 Å². The third-order valence-electron chi connectivity index (χ3n) is 4.45. The van der Waals surface area contributed by atoms with Gasteiger partial charge in [-0.2, -0.15) is 0 Å². The molecule has 0 aliphatic carbocycles. The van der Waals surface area contributed by atoms with Gasteiger partial charge in [0, 0.05) is 36.7 Å². The van der Waals surface area contributed by atoms with E-state index in [1.165, 1.54) is 14.2 Å². The van der Waals surface area contributed by atoms with E-state index >= 15 is 0 Å². The lowest BCUT2D eigenvalue weighted by molar-refractivity contribution is 0.0562. The van der Waals surface area contributed by atoms with Crippen molar-refractivity contribution in [3.8, 4) is 17.2 Å². The number of H-pyrrole nitrogens is 1. The van der Waals surface area contributed by atoms with Gasteiger partial charge in [0.25, 0.3) is 5.56 Å². The number of ether oxygens (including phenoxy) is 4. The minimum Gasteiger partial charge on any atom is -0.493 e. The zero-order valence-electron chi connectivity index (χ0n) is 15.2. The number of rotatable bonds is 5. The smallest absolute Gasteiger partial charge is 0.252 e. The number of methoxy groups -OCH3 is 3. The van der Waals surface area contributed by atoms with Crippen LogP contribution in [0.1, 0.15) is 5.56 Å². The number of nitrogens with one attached hydrogen (secondary N) is 1. The Labute approximate surface area is 151 Å². The van der Waals surface area contributed by atoms with Gasteiger partial charge in [-0.15, -0.1) is 0 Å². The molecule has 1 aromatic heterocycles. The van der Waals surface area contributed by atoms with Crippen LogP contribution in [-0.4, -0.2) is 68.7 Å². The first-order valence-electron chi connectivity index (χ1n) is 8.40. The first-order chi connectivity index (χ1) is 12.6. The van der Waals surface area contributed by atoms with Crippen LogP contribution in [0.4, 0.5) is 0 Å². The molecule has 1 unspecified atom stereocenters. The molecule has 2 heterocycles. The van der Waals surface area contributed by atoms with Gasteiger partial charge in [0.15, 0.2) is 11.5 Å². The summed E-state index contributed by atoms with van der Waals surface area (Å²) in [4.78, 5) is 17.4. The molecule has 142 valence electrons. The zero-order chi connectivity index (χ0) is 18.7. The van der Waals surface area contributed by atoms with Gasteiger partial charge >= 0.3 is 0 Å². The Hall–Kier alpha value is -2.29. The van der Waals surface area contributed by atoms with E-state index in [1.807, 2.05) is 4.90 Å². The van der Waals surface area contributed by atoms with Gasteiger partial charge in [-0.25, -0.2) is 0 Å². The maximum absolute atomic E-state index is 12.5. The van der Waals surface area contributed by atoms with Crippen molar-refractivity contribution in [1.29, 1.82) is 0 Å². The Kier molecular flexibility index (Phi) is 5.65. The summed E-state index contributed by atoms with van der Waals surface area (Å²) in [5, 5.41) is 10.6. The minimum absolute atomic E-state index is 0.188. The topological polar surface area (TPSA) is 93.3 Å². The Balaban J connectivity index is 2.04. The lowest BCUT2D eigenvalue weighted by Gasteiger charge is -2.21. The van der Waals surface area contributed by atoms with Crippen LogP contribution in [0.5, 0.6) is 17.2 Å². The minimum atomic E-state index is -0.559. The summed E-state index contributed by atoms with van der Waals surface area (Å²) in [5.41, 5.74) is 0.996. The van der Waals surface area contributed by atoms with E-state index in [4.69, 9.17) is 18.9 Å². The fourth-order valence-electron chi connectivity index (χ4n) is 3.22. The average molecular weight is 364 g/mol. The Morgan fingerprint density at radius 2 is 2.00 bits per heavy atom. The van der Waals surface area contributed by atoms with Crippen LogP contribution in [0.25, 0.3) is 10.9 Å². The van der Waals surface area contributed by atoms with Crippen LogP contribution in [0.2, 0.25) is 0 Å². The van der Waals surface area contributed by atoms with Gasteiger partial charge in [-0.05, 0) is 6.07 Å². The standard InChI is InChI=1S/C18H24N2O6/c1-23-15-7-14-13(16(24-2)17(15)25-3)6-11(18(22)19-14)8-20-4-5-26-10-12(21)9-20/h6-7,12,21H,4-5,8-10H2,1-3H3,(H,19,22). The number of aromatic amines is 1. The highest BCUT2D eigenvalue weighted by atomic mass is 16.5. The molecule has 26 heavy (non-hydrogen) atoms. The fourth-order valence-corrected chi connectivity index (χ4v) is 3.22. The number of aromatic nitrogens is 1. The molecule has 8 heteroatoms. The van der Waals surface area contributed by atoms with Crippen molar-refractivity contribution < 1.29 is 24.1 Å². The molecule has 0 spiro atoms. The normalized spacial score (nSPS) is 18.5. The van der Waals surface area contributed by atoms with E-state index < -0.39 is 6.10 Å². The molecule has 0 amide bonds. The van der Waals surface area contributed by atoms with Crippen LogP contribution in [0.3, 0.4) is 0 Å². The SMILES string of the molecule is COc1cc2[nH]c(=O)c(CN3CCOCC(O)C3)cc2c(OC)c1OC. The number of aliphatic hydroxyl groups is 1. The van der Waals surface area contributed by atoms with Crippen LogP contribution < -0.4 is 19.8 Å². The fraction of sp³-hybridized carbons (Fsp3) is 0.500. The van der Waals surface area contributed by atoms with Crippen molar-refractivity contribution in [2.75, 3.05) is 47.6 Å². The van der Waals surface area contributed by atoms with Crippen LogP contribution in [0, 0.1) is 0 Å². The second-order valence-electron chi connectivity index (χ2n) is 6.19. The van der Waals surface area contributed by atoms with Crippen molar-refractivity contribution >= 4 is 10.9 Å². The molecular weight excluding hydrogens is 340 g/mol. The molecule has 3 rings (SSSR count). The number of benzene rings is 1. The quantitative estimate of drug-likeness (QED) is 0.808. The van der Waals surface area contributed by atoms with Gasteiger partial charge in [-0.3, -0.25) is 9.69 Å². The lowest BCUT2D eigenvalue weighted by Crippen LogP contribution is -2.34. The largest absolute Gasteiger partial charge is 0.493 e. The van der Waals surface area contributed by atoms with Gasteiger partial charge < -0.3 is 29.0 Å². The third-order valence-corrected chi connectivity index (χ3v) is 4.45. The summed E-state index contributed by atoms with van der Waals surface area (Å²) >= 11 is 0. The van der Waals surface area contributed by atoms with Crippen molar-refractivity contribution in [2.24, 2.45) is 0 Å². The van der Waals surface area contributed by atoms with Gasteiger partial charge in [0.05, 0.1) is 46.2 Å². The molecule has 1 fully saturated rings. The summed E-state index contributed by atoms with van der Waals surface area (Å²) in [5.74, 6) is 1.45. The number of aliphatic hydroxyl groups excluding tert-OH is 1. The first kappa shape index (κ1) is 18.5. The number of hydrogen-bond acceptors (Lipinski definition) is 7. The Morgan fingerprint density at radius 1 is 1.23 bits per heavy atom. The van der Waals surface area contributed by atoms with E-state index in [0.717, 1.165) is 5.39 Å². The highest BCUT2D eigenvalue weighted by molar-refractivity contribution is 5.90. The molecule has 1 saturated heterocycles. The molecule has 0 saturated carbocycles. The molecule has 0 radical (unpaired) electrons. The van der Waals surface area contributed by atoms with E-state index in [1.54, 1.807) is 19.2 Å². The summed E-state index contributed by atoms with van der Waals surface area (Å²) in [6.07, 6.45) is -0.559. The number of fused-ring (bicyclic) bond motifs is 1. The lowest BCUT2D eigenvalue weighted by atomic mass is 10.1. The Bertz CT molecular complexity index is 835. The summed E-state index contributed by atoms with van der Waals surface area (Å²) in [6, 6.07) is 3.51. The maximum Gasteiger partial charge on any atom is 0.252 e. The maximum atomic E-state index is 12.5. The average Bonchev–Trinajstić information content (AvgIpc) is 2.84. The summed E-state index contributed by atoms with van der Waals surface area (Å²) in [6.45, 7) is 2.35. The third kappa shape index (κ3) is 3.62. The van der Waals surface area contributed by atoms with Crippen molar-refractivity contribution in [3.63, 3.8) is 0 Å². The van der Waals surface area contributed by atoms with E-state index in [9.17, 15) is 9.90 Å². The van der Waals surface area contributed by atoms with Crippen LogP contribution in [-0.2, 0) is 11.3 Å². The molecule has 2 aromatic rings. The highest BCUT2D eigenvalue weighted by Crippen LogP contribution is 2.42. The van der Waals surface area contributed by atoms with Gasteiger partial charge in [-0.1, -0.05) is 0 Å². The van der Waals surface area contributed by atoms with Crippen molar-refractivity contribution in [3.05, 3.63) is 28.0 Å². The second kappa shape index (κ2) is 7.94. The monoisotopic (exact) mass is 364 g/mol. The van der Waals surface area contributed by atoms with E-state index in [2.05, 4.69) is 4.98 Å². The number of hydrogen-bond donors (Lipinski definition) is 2. The predicted octanol–water partition coefficient (Wildman–Crippen LogP) is 0.747. The molecule has 0 bridgehead atoms. The summed E-state index contributed by atoms with van der Waals surface area (Å²) < 4.78 is 21.6. The van der Waals surface area contributed by atoms with Gasteiger partial charge in [0.2, 0.25) is 5.75 Å². The highest BCUT2D eigenvalue weighted by Gasteiger charge is 2.20. The zero-order valence-corrected chi connectivity index (χ0v) is 15.2. The molecule has 1 aliphatic heterocycles. The summed E-state index contributed by atoms with van der Waals surface area (Å²) in [7, 11) is 4.61. The Morgan fingerprint density at radius 3 is 2.69 bits per heavy atom. The second-order valence-corrected chi connectivity index (χ2v) is 6.19. The molecule has 2 N–H and O–H groups in total. The number of pyridine rings is 1.